The first-order valence-corrected chi connectivity index (χ1v) is 15.6. The second kappa shape index (κ2) is 30.2. The topological polar surface area (TPSA) is 0 Å². The summed E-state index contributed by atoms with van der Waals surface area (Å²) in [5.41, 5.74) is 2.74. The maximum Gasteiger partial charge on any atom is -0.00104 e. The summed E-state index contributed by atoms with van der Waals surface area (Å²) in [6.45, 7) is 16.4. The first-order valence-electron chi connectivity index (χ1n) is 15.6. The van der Waals surface area contributed by atoms with Gasteiger partial charge in [-0.25, -0.2) is 0 Å². The van der Waals surface area contributed by atoms with Gasteiger partial charge in [-0.3, -0.25) is 0 Å². The Morgan fingerprint density at radius 2 is 0.974 bits per heavy atom. The average molecular weight is 533 g/mol. The van der Waals surface area contributed by atoms with E-state index in [0.717, 1.165) is 0 Å². The summed E-state index contributed by atoms with van der Waals surface area (Å²) in [6.07, 6.45) is 27.8. The quantitative estimate of drug-likeness (QED) is 0.132. The zero-order valence-electron chi connectivity index (χ0n) is 25.6. The van der Waals surface area contributed by atoms with Crippen molar-refractivity contribution in [2.45, 2.75) is 137 Å². The molecular formula is C39H64. The molecule has 0 saturated carbocycles. The number of hydrogen-bond donors (Lipinski definition) is 0. The van der Waals surface area contributed by atoms with Crippen molar-refractivity contribution in [3.05, 3.63) is 109 Å². The Hall–Kier alpha value is -2.34. The minimum Gasteiger partial charge on any atom is -0.103 e. The molecule has 2 unspecified atom stereocenters. The predicted molar refractivity (Wildman–Crippen MR) is 182 cm³/mol. The fourth-order valence-electron chi connectivity index (χ4n) is 4.17. The van der Waals surface area contributed by atoms with E-state index in [4.69, 9.17) is 0 Å². The molecule has 39 heavy (non-hydrogen) atoms. The Labute approximate surface area is 245 Å². The van der Waals surface area contributed by atoms with Gasteiger partial charge in [0, 0.05) is 0 Å². The molecule has 0 N–H and O–H groups in total. The molecule has 2 aromatic rings. The van der Waals surface area contributed by atoms with Crippen LogP contribution in [0.4, 0.5) is 0 Å². The van der Waals surface area contributed by atoms with Crippen LogP contribution in [0.1, 0.15) is 148 Å². The van der Waals surface area contributed by atoms with Crippen LogP contribution in [-0.2, 0) is 0 Å². The fraction of sp³-hybridized carbons (Fsp3) is 0.538. The highest BCUT2D eigenvalue weighted by Crippen LogP contribution is 2.17. The number of unbranched alkanes of at least 4 members (excludes halogenated alkanes) is 12. The van der Waals surface area contributed by atoms with E-state index in [9.17, 15) is 0 Å². The highest BCUT2D eigenvalue weighted by atomic mass is 14.0. The lowest BCUT2D eigenvalue weighted by molar-refractivity contribution is 0.611. The van der Waals surface area contributed by atoms with Gasteiger partial charge in [0.2, 0.25) is 0 Å². The Bertz CT molecular complexity index is 770. The van der Waals surface area contributed by atoms with Crippen LogP contribution >= 0.6 is 0 Å². The minimum atomic E-state index is 0. The van der Waals surface area contributed by atoms with Gasteiger partial charge < -0.3 is 0 Å². The monoisotopic (exact) mass is 533 g/mol. The van der Waals surface area contributed by atoms with Gasteiger partial charge in [0.15, 0.2) is 0 Å². The zero-order valence-corrected chi connectivity index (χ0v) is 25.6. The molecule has 0 aliphatic heterocycles. The predicted octanol–water partition coefficient (Wildman–Crippen LogP) is 13.6. The zero-order chi connectivity index (χ0) is 28.1. The van der Waals surface area contributed by atoms with Crippen molar-refractivity contribution in [1.82, 2.24) is 0 Å². The van der Waals surface area contributed by atoms with Gasteiger partial charge in [-0.2, -0.15) is 0 Å². The number of allylic oxidation sites excluding steroid dienone is 4. The second-order valence-corrected chi connectivity index (χ2v) is 10.5. The van der Waals surface area contributed by atoms with Crippen molar-refractivity contribution in [2.24, 2.45) is 0 Å². The van der Waals surface area contributed by atoms with Crippen LogP contribution in [0.3, 0.4) is 0 Å². The van der Waals surface area contributed by atoms with Crippen molar-refractivity contribution in [1.29, 1.82) is 0 Å². The van der Waals surface area contributed by atoms with Crippen LogP contribution in [-0.4, -0.2) is 0 Å². The van der Waals surface area contributed by atoms with E-state index < -0.39 is 0 Å². The van der Waals surface area contributed by atoms with Crippen LogP contribution in [0, 0.1) is 0 Å². The summed E-state index contributed by atoms with van der Waals surface area (Å²) in [6, 6.07) is 21.1. The van der Waals surface area contributed by atoms with E-state index >= 15 is 0 Å². The summed E-state index contributed by atoms with van der Waals surface area (Å²) in [7, 11) is 0. The molecule has 2 atom stereocenters. The molecule has 0 heterocycles. The van der Waals surface area contributed by atoms with Gasteiger partial charge in [-0.1, -0.05) is 184 Å². The minimum absolute atomic E-state index is 0. The molecule has 0 bridgehead atoms. The second-order valence-electron chi connectivity index (χ2n) is 10.5. The van der Waals surface area contributed by atoms with E-state index in [2.05, 4.69) is 108 Å². The summed E-state index contributed by atoms with van der Waals surface area (Å²) in [5.74, 6) is 1.02. The van der Waals surface area contributed by atoms with Crippen LogP contribution in [0.15, 0.2) is 98.1 Å². The molecule has 0 aromatic heterocycles. The summed E-state index contributed by atoms with van der Waals surface area (Å²) in [5, 5.41) is 0. The van der Waals surface area contributed by atoms with E-state index in [0.29, 0.717) is 11.8 Å². The fourth-order valence-corrected chi connectivity index (χ4v) is 4.17. The SMILES string of the molecule is C.C=CC(C)c1ccccc1.C=CCCCCCCCC.CCCCCCCCC=CC(C)c1ccccc1. The molecular weight excluding hydrogens is 468 g/mol. The van der Waals surface area contributed by atoms with Gasteiger partial charge in [-0.15, -0.1) is 13.2 Å². The van der Waals surface area contributed by atoms with Crippen molar-refractivity contribution >= 4 is 0 Å². The van der Waals surface area contributed by atoms with Crippen LogP contribution in [0.25, 0.3) is 0 Å². The normalized spacial score (nSPS) is 11.7. The average Bonchev–Trinajstić information content (AvgIpc) is 2.97. The molecule has 0 heteroatoms. The van der Waals surface area contributed by atoms with E-state index in [1.54, 1.807) is 0 Å². The Kier molecular flexibility index (Phi) is 30.1. The van der Waals surface area contributed by atoms with Gasteiger partial charge in [0.25, 0.3) is 0 Å². The van der Waals surface area contributed by atoms with Crippen LogP contribution in [0.2, 0.25) is 0 Å². The van der Waals surface area contributed by atoms with Crippen LogP contribution < -0.4 is 0 Å². The van der Waals surface area contributed by atoms with Crippen molar-refractivity contribution in [3.8, 4) is 0 Å². The highest BCUT2D eigenvalue weighted by molar-refractivity contribution is 5.23. The summed E-state index contributed by atoms with van der Waals surface area (Å²) < 4.78 is 0. The number of benzene rings is 2. The van der Waals surface area contributed by atoms with Crippen molar-refractivity contribution in [2.75, 3.05) is 0 Å². The molecule has 0 aliphatic rings. The lowest BCUT2D eigenvalue weighted by Gasteiger charge is -2.05. The Morgan fingerprint density at radius 3 is 1.41 bits per heavy atom. The third-order valence-electron chi connectivity index (χ3n) is 6.92. The van der Waals surface area contributed by atoms with Gasteiger partial charge in [0.05, 0.1) is 0 Å². The van der Waals surface area contributed by atoms with E-state index in [1.807, 2.05) is 18.2 Å². The maximum absolute atomic E-state index is 3.74. The Morgan fingerprint density at radius 1 is 0.564 bits per heavy atom. The van der Waals surface area contributed by atoms with Gasteiger partial charge in [-0.05, 0) is 48.6 Å². The van der Waals surface area contributed by atoms with E-state index in [1.165, 1.54) is 101 Å². The largest absolute Gasteiger partial charge is 0.103 e. The molecule has 2 aromatic carbocycles. The third-order valence-corrected chi connectivity index (χ3v) is 6.92. The number of hydrogen-bond acceptors (Lipinski definition) is 0. The van der Waals surface area contributed by atoms with Crippen molar-refractivity contribution < 1.29 is 0 Å². The molecule has 0 saturated heterocycles. The molecule has 0 fully saturated rings. The first-order chi connectivity index (χ1) is 18.6. The van der Waals surface area contributed by atoms with Crippen LogP contribution in [0.5, 0.6) is 0 Å². The smallest absolute Gasteiger partial charge is 0.00104 e. The lowest BCUT2D eigenvalue weighted by Crippen LogP contribution is -1.87. The molecule has 0 nitrogen and oxygen atoms in total. The molecule has 0 radical (unpaired) electrons. The highest BCUT2D eigenvalue weighted by Gasteiger charge is 1.99. The van der Waals surface area contributed by atoms with Crippen molar-refractivity contribution in [3.63, 3.8) is 0 Å². The standard InChI is InChI=1S/C18H28.C10H12.C10H20.CH4/c1-3-4-5-6-7-8-9-11-14-17(2)18-15-12-10-13-16-18;1-3-9(2)10-7-5-4-6-8-10;1-3-5-7-9-10-8-6-4-2;/h10-17H,3-9H2,1-2H3;3-9H,1H2,2H3;3H,1,4-10H2,2H3;1H4. The number of rotatable bonds is 18. The van der Waals surface area contributed by atoms with E-state index in [-0.39, 0.29) is 7.43 Å². The Balaban J connectivity index is 0. The molecule has 0 amide bonds. The molecule has 2 rings (SSSR count). The van der Waals surface area contributed by atoms with Gasteiger partial charge in [0.1, 0.15) is 0 Å². The van der Waals surface area contributed by atoms with Gasteiger partial charge >= 0.3 is 0 Å². The third kappa shape index (κ3) is 24.4. The summed E-state index contributed by atoms with van der Waals surface area (Å²) >= 11 is 0. The maximum atomic E-state index is 3.74. The summed E-state index contributed by atoms with van der Waals surface area (Å²) in [4.78, 5) is 0. The molecule has 0 aliphatic carbocycles. The molecule has 220 valence electrons. The first kappa shape index (κ1) is 38.8. The molecule has 0 spiro atoms. The lowest BCUT2D eigenvalue weighted by atomic mass is 10.00.